The number of nitrogens with one attached hydrogen (secondary N) is 1. The number of amides is 1. The Morgan fingerprint density at radius 3 is 2.10 bits per heavy atom. The second kappa shape index (κ2) is 5.37. The molecular weight excluding hydrogens is 250 g/mol. The van der Waals surface area contributed by atoms with Crippen LogP contribution in [0.2, 0.25) is 0 Å². The van der Waals surface area contributed by atoms with E-state index < -0.39 is 0 Å². The standard InChI is InChI=1S/C17H19NO2/c1-10-7-12(3)16(13(4)8-10)18-17(20)15-6-5-14(19)9-11(15)2/h5-9,19H,1-4H3,(H,18,20). The molecule has 0 saturated heterocycles. The van der Waals surface area contributed by atoms with E-state index in [0.29, 0.717) is 5.56 Å². The molecule has 20 heavy (non-hydrogen) atoms. The average molecular weight is 269 g/mol. The largest absolute Gasteiger partial charge is 0.508 e. The Bertz CT molecular complexity index is 652. The van der Waals surface area contributed by atoms with Crippen molar-refractivity contribution in [3.8, 4) is 5.75 Å². The highest BCUT2D eigenvalue weighted by atomic mass is 16.3. The van der Waals surface area contributed by atoms with E-state index in [4.69, 9.17) is 0 Å². The average Bonchev–Trinajstić information content (AvgIpc) is 2.33. The molecule has 2 aromatic carbocycles. The summed E-state index contributed by atoms with van der Waals surface area (Å²) in [5.41, 5.74) is 5.46. The number of aromatic hydroxyl groups is 1. The van der Waals surface area contributed by atoms with Gasteiger partial charge in [0.1, 0.15) is 5.75 Å². The van der Waals surface area contributed by atoms with Gasteiger partial charge in [0.2, 0.25) is 0 Å². The maximum Gasteiger partial charge on any atom is 0.255 e. The number of carbonyl (C=O) groups is 1. The van der Waals surface area contributed by atoms with Gasteiger partial charge in [-0.3, -0.25) is 4.79 Å². The summed E-state index contributed by atoms with van der Waals surface area (Å²) in [7, 11) is 0. The number of benzene rings is 2. The molecule has 2 N–H and O–H groups in total. The van der Waals surface area contributed by atoms with Crippen LogP contribution in [0, 0.1) is 27.7 Å². The molecule has 0 heterocycles. The van der Waals surface area contributed by atoms with E-state index in [1.165, 1.54) is 11.6 Å². The summed E-state index contributed by atoms with van der Waals surface area (Å²) in [6.45, 7) is 7.82. The quantitative estimate of drug-likeness (QED) is 0.869. The summed E-state index contributed by atoms with van der Waals surface area (Å²) >= 11 is 0. The van der Waals surface area contributed by atoms with Crippen molar-refractivity contribution in [2.45, 2.75) is 27.7 Å². The van der Waals surface area contributed by atoms with Gasteiger partial charge >= 0.3 is 0 Å². The Labute approximate surface area is 119 Å². The minimum Gasteiger partial charge on any atom is -0.508 e. The molecule has 3 nitrogen and oxygen atoms in total. The molecular formula is C17H19NO2. The third-order valence-corrected chi connectivity index (χ3v) is 3.37. The monoisotopic (exact) mass is 269 g/mol. The lowest BCUT2D eigenvalue weighted by Gasteiger charge is -2.14. The summed E-state index contributed by atoms with van der Waals surface area (Å²) in [4.78, 5) is 12.3. The van der Waals surface area contributed by atoms with E-state index in [0.717, 1.165) is 22.4 Å². The summed E-state index contributed by atoms with van der Waals surface area (Å²) < 4.78 is 0. The number of phenols is 1. The molecule has 0 fully saturated rings. The van der Waals surface area contributed by atoms with E-state index in [1.807, 2.05) is 39.8 Å². The van der Waals surface area contributed by atoms with Crippen molar-refractivity contribution in [2.24, 2.45) is 0 Å². The van der Waals surface area contributed by atoms with Crippen LogP contribution in [0.4, 0.5) is 5.69 Å². The number of hydrogen-bond donors (Lipinski definition) is 2. The molecule has 0 aliphatic rings. The lowest BCUT2D eigenvalue weighted by atomic mass is 10.0. The van der Waals surface area contributed by atoms with Crippen molar-refractivity contribution in [2.75, 3.05) is 5.32 Å². The third kappa shape index (κ3) is 2.82. The van der Waals surface area contributed by atoms with Crippen molar-refractivity contribution in [3.05, 3.63) is 58.1 Å². The summed E-state index contributed by atoms with van der Waals surface area (Å²) in [5, 5.41) is 12.4. The van der Waals surface area contributed by atoms with Crippen LogP contribution in [0.5, 0.6) is 5.75 Å². The molecule has 1 amide bonds. The van der Waals surface area contributed by atoms with Crippen molar-refractivity contribution in [1.82, 2.24) is 0 Å². The Hall–Kier alpha value is -2.29. The zero-order valence-electron chi connectivity index (χ0n) is 12.2. The Balaban J connectivity index is 2.33. The Morgan fingerprint density at radius 1 is 0.950 bits per heavy atom. The second-order valence-electron chi connectivity index (χ2n) is 5.23. The zero-order valence-corrected chi connectivity index (χ0v) is 12.2. The van der Waals surface area contributed by atoms with E-state index in [1.54, 1.807) is 12.1 Å². The van der Waals surface area contributed by atoms with Gasteiger partial charge in [0.15, 0.2) is 0 Å². The van der Waals surface area contributed by atoms with Crippen molar-refractivity contribution in [3.63, 3.8) is 0 Å². The minimum atomic E-state index is -0.155. The summed E-state index contributed by atoms with van der Waals surface area (Å²) in [5.74, 6) is 0.0132. The van der Waals surface area contributed by atoms with Crippen LogP contribution in [-0.2, 0) is 0 Å². The number of rotatable bonds is 2. The second-order valence-corrected chi connectivity index (χ2v) is 5.23. The number of hydrogen-bond acceptors (Lipinski definition) is 2. The SMILES string of the molecule is Cc1cc(C)c(NC(=O)c2ccc(O)cc2C)c(C)c1. The lowest BCUT2D eigenvalue weighted by Crippen LogP contribution is -2.15. The number of carbonyl (C=O) groups excluding carboxylic acids is 1. The van der Waals surface area contributed by atoms with Gasteiger partial charge in [0.25, 0.3) is 5.91 Å². The molecule has 104 valence electrons. The highest BCUT2D eigenvalue weighted by molar-refractivity contribution is 6.06. The predicted molar refractivity (Wildman–Crippen MR) is 81.5 cm³/mol. The first-order valence-electron chi connectivity index (χ1n) is 6.57. The molecule has 0 aromatic heterocycles. The maximum atomic E-state index is 12.3. The highest BCUT2D eigenvalue weighted by Gasteiger charge is 2.12. The van der Waals surface area contributed by atoms with Crippen LogP contribution < -0.4 is 5.32 Å². The Morgan fingerprint density at radius 2 is 1.55 bits per heavy atom. The lowest BCUT2D eigenvalue weighted by molar-refractivity contribution is 0.102. The minimum absolute atomic E-state index is 0.155. The fourth-order valence-electron chi connectivity index (χ4n) is 2.46. The molecule has 0 aliphatic carbocycles. The smallest absolute Gasteiger partial charge is 0.255 e. The fourth-order valence-corrected chi connectivity index (χ4v) is 2.46. The van der Waals surface area contributed by atoms with E-state index in [2.05, 4.69) is 5.32 Å². The number of phenolic OH excluding ortho intramolecular Hbond substituents is 1. The first-order valence-corrected chi connectivity index (χ1v) is 6.57. The maximum absolute atomic E-state index is 12.3. The van der Waals surface area contributed by atoms with Crippen LogP contribution in [0.3, 0.4) is 0 Å². The molecule has 2 aromatic rings. The van der Waals surface area contributed by atoms with Gasteiger partial charge in [-0.1, -0.05) is 17.7 Å². The van der Waals surface area contributed by atoms with E-state index in [-0.39, 0.29) is 11.7 Å². The van der Waals surface area contributed by atoms with Gasteiger partial charge in [-0.15, -0.1) is 0 Å². The van der Waals surface area contributed by atoms with Gasteiger partial charge in [-0.05, 0) is 62.6 Å². The van der Waals surface area contributed by atoms with E-state index >= 15 is 0 Å². The van der Waals surface area contributed by atoms with Crippen LogP contribution in [0.15, 0.2) is 30.3 Å². The molecule has 0 unspecified atom stereocenters. The fraction of sp³-hybridized carbons (Fsp3) is 0.235. The first-order chi connectivity index (χ1) is 9.38. The molecule has 0 spiro atoms. The van der Waals surface area contributed by atoms with Crippen molar-refractivity contribution < 1.29 is 9.90 Å². The van der Waals surface area contributed by atoms with Gasteiger partial charge in [-0.25, -0.2) is 0 Å². The van der Waals surface area contributed by atoms with Crippen molar-refractivity contribution in [1.29, 1.82) is 0 Å². The topological polar surface area (TPSA) is 49.3 Å². The van der Waals surface area contributed by atoms with Gasteiger partial charge in [-0.2, -0.15) is 0 Å². The predicted octanol–water partition coefficient (Wildman–Crippen LogP) is 3.88. The van der Waals surface area contributed by atoms with Crippen molar-refractivity contribution >= 4 is 11.6 Å². The van der Waals surface area contributed by atoms with Crippen LogP contribution in [0.1, 0.15) is 32.6 Å². The van der Waals surface area contributed by atoms with E-state index in [9.17, 15) is 9.90 Å². The molecule has 0 radical (unpaired) electrons. The molecule has 0 bridgehead atoms. The summed E-state index contributed by atoms with van der Waals surface area (Å²) in [6, 6.07) is 8.85. The molecule has 3 heteroatoms. The third-order valence-electron chi connectivity index (χ3n) is 3.37. The molecule has 0 atom stereocenters. The number of anilines is 1. The van der Waals surface area contributed by atoms with Crippen LogP contribution in [-0.4, -0.2) is 11.0 Å². The normalized spacial score (nSPS) is 10.4. The van der Waals surface area contributed by atoms with Crippen LogP contribution >= 0.6 is 0 Å². The summed E-state index contributed by atoms with van der Waals surface area (Å²) in [6.07, 6.45) is 0. The van der Waals surface area contributed by atoms with Gasteiger partial charge in [0.05, 0.1) is 0 Å². The first kappa shape index (κ1) is 14.1. The highest BCUT2D eigenvalue weighted by Crippen LogP contribution is 2.23. The molecule has 0 aliphatic heterocycles. The number of aryl methyl sites for hydroxylation is 4. The van der Waals surface area contributed by atoms with Gasteiger partial charge < -0.3 is 10.4 Å². The zero-order chi connectivity index (χ0) is 14.9. The van der Waals surface area contributed by atoms with Crippen LogP contribution in [0.25, 0.3) is 0 Å². The Kier molecular flexibility index (Phi) is 3.79. The molecule has 0 saturated carbocycles. The van der Waals surface area contributed by atoms with Gasteiger partial charge in [0, 0.05) is 11.3 Å². The molecule has 2 rings (SSSR count).